The topological polar surface area (TPSA) is 146 Å². The quantitative estimate of drug-likeness (QED) is 0.362. The highest BCUT2D eigenvalue weighted by Gasteiger charge is 2.31. The molecule has 0 radical (unpaired) electrons. The van der Waals surface area contributed by atoms with Crippen molar-refractivity contribution in [3.8, 4) is 5.75 Å². The summed E-state index contributed by atoms with van der Waals surface area (Å²) in [6, 6.07) is 13.3. The lowest BCUT2D eigenvalue weighted by molar-refractivity contribution is -0.137. The van der Waals surface area contributed by atoms with Crippen LogP contribution in [0, 0.1) is 5.92 Å². The molecule has 256 valence electrons. The van der Waals surface area contributed by atoms with Crippen LogP contribution in [0.2, 0.25) is 0 Å². The summed E-state index contributed by atoms with van der Waals surface area (Å²) in [7, 11) is 1.74. The van der Waals surface area contributed by atoms with E-state index in [1.807, 2.05) is 51.1 Å². The van der Waals surface area contributed by atoms with Gasteiger partial charge in [-0.2, -0.15) is 0 Å². The zero-order valence-corrected chi connectivity index (χ0v) is 28.2. The summed E-state index contributed by atoms with van der Waals surface area (Å²) in [4.78, 5) is 69.1. The van der Waals surface area contributed by atoms with Gasteiger partial charge in [0, 0.05) is 26.6 Å². The number of likely N-dealkylation sites (N-methyl/N-ethyl adjacent to an activating group) is 1. The van der Waals surface area contributed by atoms with Crippen LogP contribution in [-0.2, 0) is 25.6 Å². The number of para-hydroxylation sites is 1. The Morgan fingerprint density at radius 1 is 0.915 bits per heavy atom. The van der Waals surface area contributed by atoms with Crippen LogP contribution in [0.1, 0.15) is 81.6 Å². The van der Waals surface area contributed by atoms with E-state index in [0.717, 1.165) is 31.2 Å². The molecule has 0 unspecified atom stereocenters. The Morgan fingerprint density at radius 2 is 1.62 bits per heavy atom. The second-order valence-corrected chi connectivity index (χ2v) is 12.5. The van der Waals surface area contributed by atoms with Crippen molar-refractivity contribution in [2.45, 2.75) is 90.3 Å². The minimum atomic E-state index is -1.19. The molecule has 0 fully saturated rings. The zero-order chi connectivity index (χ0) is 34.2. The Labute approximate surface area is 278 Å². The Bertz CT molecular complexity index is 1330. The van der Waals surface area contributed by atoms with Gasteiger partial charge < -0.3 is 30.9 Å². The number of fused-ring (bicyclic) bond motifs is 1. The number of benzene rings is 2. The standard InChI is InChI=1S/C36H51N5O6/c1-5-19-37-34(44)29-24-32(42)38-28(22-25(2)3)35(45)40-30(23-26-15-9-8-10-16-26)36(46)41(4)20-13-6-7-14-21-47-31-18-12-11-17-27(31)33(43)39-29/h8-12,15-18,25,28-30H,5-7,13-14,19-24H2,1-4H3,(H,37,44)(H,38,42)(H,39,43)(H,40,45)/t28-,29-,30-/m0/s1. The third-order valence-corrected chi connectivity index (χ3v) is 7.97. The number of carbonyl (C=O) groups is 5. The number of nitrogens with one attached hydrogen (secondary N) is 4. The molecule has 0 bridgehead atoms. The van der Waals surface area contributed by atoms with Crippen LogP contribution in [0.15, 0.2) is 54.6 Å². The summed E-state index contributed by atoms with van der Waals surface area (Å²) < 4.78 is 5.96. The van der Waals surface area contributed by atoms with Gasteiger partial charge in [-0.05, 0) is 49.3 Å². The second kappa shape index (κ2) is 19.3. The Balaban J connectivity index is 1.91. The highest BCUT2D eigenvalue weighted by Crippen LogP contribution is 2.19. The largest absolute Gasteiger partial charge is 0.493 e. The van der Waals surface area contributed by atoms with Gasteiger partial charge in [-0.15, -0.1) is 0 Å². The van der Waals surface area contributed by atoms with Gasteiger partial charge in [-0.25, -0.2) is 0 Å². The van der Waals surface area contributed by atoms with Crippen LogP contribution >= 0.6 is 0 Å². The molecule has 3 atom stereocenters. The molecule has 0 saturated heterocycles. The average molecular weight is 650 g/mol. The zero-order valence-electron chi connectivity index (χ0n) is 28.2. The lowest BCUT2D eigenvalue weighted by Gasteiger charge is -2.28. The van der Waals surface area contributed by atoms with Crippen LogP contribution in [0.25, 0.3) is 0 Å². The SMILES string of the molecule is CCCNC(=O)[C@@H]1CC(=O)N[C@@H](CC(C)C)C(=O)N[C@@H](Cc2ccccc2)C(=O)N(C)CCCCCCOc2ccccc2C(=O)N1. The van der Waals surface area contributed by atoms with E-state index in [1.165, 1.54) is 0 Å². The summed E-state index contributed by atoms with van der Waals surface area (Å²) in [6.07, 6.45) is 4.15. The number of amides is 5. The highest BCUT2D eigenvalue weighted by atomic mass is 16.5. The Kier molecular flexibility index (Phi) is 15.2. The van der Waals surface area contributed by atoms with Crippen LogP contribution in [0.5, 0.6) is 5.75 Å². The van der Waals surface area contributed by atoms with E-state index in [0.29, 0.717) is 44.7 Å². The smallest absolute Gasteiger partial charge is 0.255 e. The molecular formula is C36H51N5O6. The third-order valence-electron chi connectivity index (χ3n) is 7.97. The molecule has 0 saturated carbocycles. The van der Waals surface area contributed by atoms with Gasteiger partial charge >= 0.3 is 0 Å². The van der Waals surface area contributed by atoms with Gasteiger partial charge in [0.2, 0.25) is 23.6 Å². The maximum Gasteiger partial charge on any atom is 0.255 e. The lowest BCUT2D eigenvalue weighted by atomic mass is 10.0. The molecule has 3 rings (SSSR count). The Morgan fingerprint density at radius 3 is 2.34 bits per heavy atom. The van der Waals surface area contributed by atoms with Crippen LogP contribution in [0.3, 0.4) is 0 Å². The molecule has 11 nitrogen and oxygen atoms in total. The molecule has 2 aromatic rings. The van der Waals surface area contributed by atoms with Gasteiger partial charge in [-0.1, -0.05) is 76.1 Å². The van der Waals surface area contributed by atoms with Crippen molar-refractivity contribution in [3.05, 3.63) is 65.7 Å². The van der Waals surface area contributed by atoms with E-state index < -0.39 is 41.8 Å². The summed E-state index contributed by atoms with van der Waals surface area (Å²) in [5, 5.41) is 11.2. The van der Waals surface area contributed by atoms with Crippen molar-refractivity contribution in [2.24, 2.45) is 5.92 Å². The number of hydrogen-bond acceptors (Lipinski definition) is 6. The predicted octanol–water partition coefficient (Wildman–Crippen LogP) is 3.37. The van der Waals surface area contributed by atoms with Gasteiger partial charge in [0.1, 0.15) is 23.9 Å². The van der Waals surface area contributed by atoms with Crippen molar-refractivity contribution in [3.63, 3.8) is 0 Å². The first kappa shape index (κ1) is 37.1. The van der Waals surface area contributed by atoms with Gasteiger partial charge in [0.05, 0.1) is 18.6 Å². The molecule has 1 heterocycles. The summed E-state index contributed by atoms with van der Waals surface area (Å²) in [5.41, 5.74) is 1.15. The van der Waals surface area contributed by atoms with Crippen LogP contribution in [-0.4, -0.2) is 79.3 Å². The predicted molar refractivity (Wildman–Crippen MR) is 181 cm³/mol. The van der Waals surface area contributed by atoms with E-state index in [9.17, 15) is 24.0 Å². The van der Waals surface area contributed by atoms with E-state index in [4.69, 9.17) is 4.74 Å². The van der Waals surface area contributed by atoms with Crippen molar-refractivity contribution in [2.75, 3.05) is 26.7 Å². The van der Waals surface area contributed by atoms with Crippen LogP contribution in [0.4, 0.5) is 0 Å². The van der Waals surface area contributed by atoms with Crippen molar-refractivity contribution < 1.29 is 28.7 Å². The first-order valence-corrected chi connectivity index (χ1v) is 16.8. The molecule has 11 heteroatoms. The average Bonchev–Trinajstić information content (AvgIpc) is 3.05. The molecule has 2 aromatic carbocycles. The number of rotatable bonds is 7. The summed E-state index contributed by atoms with van der Waals surface area (Å²) in [6.45, 7) is 7.05. The molecule has 5 amide bonds. The van der Waals surface area contributed by atoms with E-state index in [-0.39, 0.29) is 23.8 Å². The molecule has 1 aliphatic heterocycles. The monoisotopic (exact) mass is 649 g/mol. The first-order valence-electron chi connectivity index (χ1n) is 16.8. The maximum absolute atomic E-state index is 13.7. The fourth-order valence-corrected chi connectivity index (χ4v) is 5.42. The molecule has 0 aliphatic carbocycles. The number of carbonyl (C=O) groups excluding carboxylic acids is 5. The van der Waals surface area contributed by atoms with Gasteiger partial charge in [-0.3, -0.25) is 24.0 Å². The highest BCUT2D eigenvalue weighted by molar-refractivity contribution is 6.01. The molecule has 47 heavy (non-hydrogen) atoms. The normalized spacial score (nSPS) is 21.0. The maximum atomic E-state index is 13.7. The van der Waals surface area contributed by atoms with E-state index in [1.54, 1.807) is 36.2 Å². The molecule has 1 aliphatic rings. The van der Waals surface area contributed by atoms with Crippen molar-refractivity contribution in [1.29, 1.82) is 0 Å². The van der Waals surface area contributed by atoms with Crippen molar-refractivity contribution in [1.82, 2.24) is 26.2 Å². The third kappa shape index (κ3) is 12.4. The van der Waals surface area contributed by atoms with E-state index in [2.05, 4.69) is 21.3 Å². The first-order chi connectivity index (χ1) is 22.6. The number of ether oxygens (including phenoxy) is 1. The fraction of sp³-hybridized carbons (Fsp3) is 0.528. The van der Waals surface area contributed by atoms with Gasteiger partial charge in [0.25, 0.3) is 5.91 Å². The Hall–Kier alpha value is -4.41. The number of nitrogens with zero attached hydrogens (tertiary/aromatic N) is 1. The summed E-state index contributed by atoms with van der Waals surface area (Å²) in [5.74, 6) is -1.91. The molecule has 0 aromatic heterocycles. The molecular weight excluding hydrogens is 598 g/mol. The minimum absolute atomic E-state index is 0.0336. The number of hydrogen-bond donors (Lipinski definition) is 4. The van der Waals surface area contributed by atoms with Crippen molar-refractivity contribution >= 4 is 29.5 Å². The minimum Gasteiger partial charge on any atom is -0.493 e. The van der Waals surface area contributed by atoms with Crippen LogP contribution < -0.4 is 26.0 Å². The molecule has 4 N–H and O–H groups in total. The van der Waals surface area contributed by atoms with E-state index >= 15 is 0 Å². The summed E-state index contributed by atoms with van der Waals surface area (Å²) >= 11 is 0. The van der Waals surface area contributed by atoms with Gasteiger partial charge in [0.15, 0.2) is 0 Å². The molecule has 0 spiro atoms. The second-order valence-electron chi connectivity index (χ2n) is 12.5. The lowest BCUT2D eigenvalue weighted by Crippen LogP contribution is -2.56. The fourth-order valence-electron chi connectivity index (χ4n) is 5.42.